The van der Waals surface area contributed by atoms with E-state index in [0.29, 0.717) is 5.91 Å². The number of carbonyl (C=O) groups excluding carboxylic acids is 1. The van der Waals surface area contributed by atoms with Crippen LogP contribution in [0.1, 0.15) is 49.7 Å². The minimum absolute atomic E-state index is 0.196. The molecule has 1 aromatic carbocycles. The SMILES string of the molecule is Cc1cccc(C2(C(=O)N3CCC(CO)C3)CCCCC2)c1. The molecule has 3 heteroatoms. The lowest BCUT2D eigenvalue weighted by Crippen LogP contribution is -2.47. The van der Waals surface area contributed by atoms with E-state index in [1.165, 1.54) is 17.5 Å². The van der Waals surface area contributed by atoms with Crippen molar-refractivity contribution in [3.63, 3.8) is 0 Å². The molecule has 1 aliphatic heterocycles. The minimum atomic E-state index is -0.325. The summed E-state index contributed by atoms with van der Waals surface area (Å²) in [7, 11) is 0. The molecule has 0 aromatic heterocycles. The molecule has 1 atom stereocenters. The lowest BCUT2D eigenvalue weighted by molar-refractivity contribution is -0.138. The van der Waals surface area contributed by atoms with Crippen molar-refractivity contribution >= 4 is 5.91 Å². The zero-order chi connectivity index (χ0) is 15.6. The second-order valence-corrected chi connectivity index (χ2v) is 7.10. The minimum Gasteiger partial charge on any atom is -0.396 e. The molecule has 120 valence electrons. The molecule has 1 aromatic rings. The maximum absolute atomic E-state index is 13.3. The van der Waals surface area contributed by atoms with E-state index in [4.69, 9.17) is 0 Å². The fourth-order valence-electron chi connectivity index (χ4n) is 4.19. The Morgan fingerprint density at radius 2 is 2.09 bits per heavy atom. The number of likely N-dealkylation sites (tertiary alicyclic amines) is 1. The molecule has 3 nitrogen and oxygen atoms in total. The first kappa shape index (κ1) is 15.5. The highest BCUT2D eigenvalue weighted by atomic mass is 16.3. The van der Waals surface area contributed by atoms with E-state index in [-0.39, 0.29) is 17.9 Å². The lowest BCUT2D eigenvalue weighted by Gasteiger charge is -2.39. The van der Waals surface area contributed by atoms with Gasteiger partial charge >= 0.3 is 0 Å². The van der Waals surface area contributed by atoms with Gasteiger partial charge in [0, 0.05) is 25.6 Å². The average molecular weight is 301 g/mol. The molecular formula is C19H27NO2. The number of rotatable bonds is 3. The largest absolute Gasteiger partial charge is 0.396 e. The highest BCUT2D eigenvalue weighted by Crippen LogP contribution is 2.42. The molecule has 1 saturated heterocycles. The average Bonchev–Trinajstić information content (AvgIpc) is 3.04. The Hall–Kier alpha value is -1.35. The number of aliphatic hydroxyl groups is 1. The monoisotopic (exact) mass is 301 g/mol. The zero-order valence-corrected chi connectivity index (χ0v) is 13.6. The molecule has 0 bridgehead atoms. The van der Waals surface area contributed by atoms with Gasteiger partial charge in [0.25, 0.3) is 0 Å². The van der Waals surface area contributed by atoms with Gasteiger partial charge in [-0.3, -0.25) is 4.79 Å². The molecule has 1 unspecified atom stereocenters. The number of aryl methyl sites for hydroxylation is 1. The molecule has 1 heterocycles. The van der Waals surface area contributed by atoms with Crippen LogP contribution >= 0.6 is 0 Å². The molecule has 22 heavy (non-hydrogen) atoms. The van der Waals surface area contributed by atoms with Crippen molar-refractivity contribution in [2.75, 3.05) is 19.7 Å². The molecule has 1 amide bonds. The van der Waals surface area contributed by atoms with Crippen LogP contribution in [-0.2, 0) is 10.2 Å². The fourth-order valence-corrected chi connectivity index (χ4v) is 4.19. The van der Waals surface area contributed by atoms with Gasteiger partial charge in [-0.2, -0.15) is 0 Å². The fraction of sp³-hybridized carbons (Fsp3) is 0.632. The lowest BCUT2D eigenvalue weighted by atomic mass is 9.68. The Balaban J connectivity index is 1.91. The summed E-state index contributed by atoms with van der Waals surface area (Å²) in [6, 6.07) is 8.51. The smallest absolute Gasteiger partial charge is 0.233 e. The number of hydrogen-bond donors (Lipinski definition) is 1. The topological polar surface area (TPSA) is 40.5 Å². The number of carbonyl (C=O) groups is 1. The molecule has 3 rings (SSSR count). The van der Waals surface area contributed by atoms with Crippen molar-refractivity contribution in [1.82, 2.24) is 4.90 Å². The molecule has 0 radical (unpaired) electrons. The maximum Gasteiger partial charge on any atom is 0.233 e. The Morgan fingerprint density at radius 1 is 1.32 bits per heavy atom. The number of amides is 1. The Labute approximate surface area is 133 Å². The summed E-state index contributed by atoms with van der Waals surface area (Å²) in [5.74, 6) is 0.566. The second-order valence-electron chi connectivity index (χ2n) is 7.10. The summed E-state index contributed by atoms with van der Waals surface area (Å²) >= 11 is 0. The molecule has 1 aliphatic carbocycles. The molecule has 2 aliphatic rings. The van der Waals surface area contributed by atoms with Crippen LogP contribution in [0, 0.1) is 12.8 Å². The standard InChI is InChI=1S/C19H27NO2/c1-15-6-5-7-17(12-15)19(9-3-2-4-10-19)18(22)20-11-8-16(13-20)14-21/h5-7,12,16,21H,2-4,8-11,13-14H2,1H3. The first-order chi connectivity index (χ1) is 10.7. The van der Waals surface area contributed by atoms with Crippen molar-refractivity contribution in [1.29, 1.82) is 0 Å². The Morgan fingerprint density at radius 3 is 2.73 bits per heavy atom. The first-order valence-electron chi connectivity index (χ1n) is 8.63. The predicted octanol–water partition coefficient (Wildman–Crippen LogP) is 3.04. The third-order valence-corrected chi connectivity index (χ3v) is 5.52. The van der Waals surface area contributed by atoms with Crippen LogP contribution in [0.5, 0.6) is 0 Å². The zero-order valence-electron chi connectivity index (χ0n) is 13.6. The van der Waals surface area contributed by atoms with Gasteiger partial charge in [0.15, 0.2) is 0 Å². The van der Waals surface area contributed by atoms with Gasteiger partial charge in [-0.15, -0.1) is 0 Å². The number of nitrogens with zero attached hydrogens (tertiary/aromatic N) is 1. The third-order valence-electron chi connectivity index (χ3n) is 5.52. The summed E-state index contributed by atoms with van der Waals surface area (Å²) in [6.45, 7) is 3.82. The number of hydrogen-bond acceptors (Lipinski definition) is 2. The van der Waals surface area contributed by atoms with Crippen LogP contribution in [0.15, 0.2) is 24.3 Å². The van der Waals surface area contributed by atoms with E-state index in [1.54, 1.807) is 0 Å². The van der Waals surface area contributed by atoms with Crippen molar-refractivity contribution in [3.8, 4) is 0 Å². The summed E-state index contributed by atoms with van der Waals surface area (Å²) in [5.41, 5.74) is 2.10. The normalized spacial score (nSPS) is 24.5. The highest BCUT2D eigenvalue weighted by molar-refractivity contribution is 5.88. The van der Waals surface area contributed by atoms with Gasteiger partial charge in [-0.25, -0.2) is 0 Å². The van der Waals surface area contributed by atoms with Gasteiger partial charge in [-0.05, 0) is 31.7 Å². The van der Waals surface area contributed by atoms with E-state index in [1.807, 2.05) is 4.90 Å². The van der Waals surface area contributed by atoms with Crippen molar-refractivity contribution in [2.45, 2.75) is 50.9 Å². The Kier molecular flexibility index (Phi) is 4.53. The highest BCUT2D eigenvalue weighted by Gasteiger charge is 2.44. The molecule has 1 saturated carbocycles. The Bertz CT molecular complexity index is 534. The van der Waals surface area contributed by atoms with Gasteiger partial charge in [0.2, 0.25) is 5.91 Å². The quantitative estimate of drug-likeness (QED) is 0.932. The number of benzene rings is 1. The van der Waals surface area contributed by atoms with E-state index in [2.05, 4.69) is 31.2 Å². The summed E-state index contributed by atoms with van der Waals surface area (Å²) < 4.78 is 0. The van der Waals surface area contributed by atoms with Crippen molar-refractivity contribution < 1.29 is 9.90 Å². The van der Waals surface area contributed by atoms with Crippen LogP contribution in [0.25, 0.3) is 0 Å². The number of aliphatic hydroxyl groups excluding tert-OH is 1. The van der Waals surface area contributed by atoms with Crippen molar-refractivity contribution in [3.05, 3.63) is 35.4 Å². The van der Waals surface area contributed by atoms with Crippen LogP contribution < -0.4 is 0 Å². The van der Waals surface area contributed by atoms with Crippen molar-refractivity contribution in [2.24, 2.45) is 5.92 Å². The van der Waals surface area contributed by atoms with E-state index in [0.717, 1.165) is 45.2 Å². The predicted molar refractivity (Wildman–Crippen MR) is 87.7 cm³/mol. The maximum atomic E-state index is 13.3. The molecular weight excluding hydrogens is 274 g/mol. The summed E-state index contributed by atoms with van der Waals surface area (Å²) in [4.78, 5) is 15.3. The van der Waals surface area contributed by atoms with Gasteiger partial charge < -0.3 is 10.0 Å². The van der Waals surface area contributed by atoms with Crippen LogP contribution in [-0.4, -0.2) is 35.6 Å². The first-order valence-corrected chi connectivity index (χ1v) is 8.63. The van der Waals surface area contributed by atoms with E-state index < -0.39 is 0 Å². The van der Waals surface area contributed by atoms with E-state index in [9.17, 15) is 9.90 Å². The van der Waals surface area contributed by atoms with Gasteiger partial charge in [-0.1, -0.05) is 49.1 Å². The van der Waals surface area contributed by atoms with Crippen LogP contribution in [0.2, 0.25) is 0 Å². The second kappa shape index (κ2) is 6.41. The van der Waals surface area contributed by atoms with Crippen LogP contribution in [0.4, 0.5) is 0 Å². The molecule has 2 fully saturated rings. The van der Waals surface area contributed by atoms with E-state index >= 15 is 0 Å². The summed E-state index contributed by atoms with van der Waals surface area (Å²) in [5, 5.41) is 9.36. The van der Waals surface area contributed by atoms with Gasteiger partial charge in [0.1, 0.15) is 0 Å². The van der Waals surface area contributed by atoms with Crippen LogP contribution in [0.3, 0.4) is 0 Å². The third kappa shape index (κ3) is 2.79. The van der Waals surface area contributed by atoms with Gasteiger partial charge in [0.05, 0.1) is 5.41 Å². The molecule has 1 N–H and O–H groups in total. The molecule has 0 spiro atoms. The summed E-state index contributed by atoms with van der Waals surface area (Å²) in [6.07, 6.45) is 6.38.